The van der Waals surface area contributed by atoms with E-state index in [9.17, 15) is 30.7 Å². The molecule has 1 aromatic rings. The average molecular weight is 340 g/mol. The smallest absolute Gasteiger partial charge is 0.319 e. The fourth-order valence-electron chi connectivity index (χ4n) is 1.19. The first-order valence-electron chi connectivity index (χ1n) is 4.33. The molecule has 0 radical (unpaired) electrons. The molecule has 0 aliphatic carbocycles. The summed E-state index contributed by atoms with van der Waals surface area (Å²) in [5.41, 5.74) is 3.14. The fraction of sp³-hybridized carbons (Fsp3) is 0.333. The summed E-state index contributed by atoms with van der Waals surface area (Å²) in [6.07, 6.45) is -6.01. The van der Waals surface area contributed by atoms with Gasteiger partial charge in [-0.2, -0.15) is 22.0 Å². The average Bonchev–Trinajstić information content (AvgIpc) is 2.22. The maximum atomic E-state index is 13.4. The van der Waals surface area contributed by atoms with Crippen LogP contribution in [0.15, 0.2) is 16.6 Å². The van der Waals surface area contributed by atoms with Crippen LogP contribution < -0.4 is 5.73 Å². The molecular weight excluding hydrogens is 335 g/mol. The lowest BCUT2D eigenvalue weighted by atomic mass is 10.00. The largest absolute Gasteiger partial charge is 0.455 e. The summed E-state index contributed by atoms with van der Waals surface area (Å²) in [5, 5.41) is 0. The SMILES string of the molecule is N[C@H](c1c(F)ccc(Br)c1F)C(F)(F)C(F)(F)F. The van der Waals surface area contributed by atoms with Crippen molar-refractivity contribution in [3.05, 3.63) is 33.8 Å². The number of hydrogen-bond acceptors (Lipinski definition) is 1. The van der Waals surface area contributed by atoms with Gasteiger partial charge in [0.25, 0.3) is 0 Å². The molecule has 1 rings (SSSR count). The van der Waals surface area contributed by atoms with E-state index in [0.717, 1.165) is 6.07 Å². The highest BCUT2D eigenvalue weighted by Crippen LogP contribution is 2.44. The zero-order valence-electron chi connectivity index (χ0n) is 8.33. The quantitative estimate of drug-likeness (QED) is 0.641. The summed E-state index contributed by atoms with van der Waals surface area (Å²) in [4.78, 5) is 0. The van der Waals surface area contributed by atoms with Crippen LogP contribution >= 0.6 is 15.9 Å². The van der Waals surface area contributed by atoms with Crippen LogP contribution in [0.5, 0.6) is 0 Å². The predicted molar refractivity (Wildman–Crippen MR) is 52.0 cm³/mol. The third-order valence-electron chi connectivity index (χ3n) is 2.16. The number of rotatable bonds is 2. The van der Waals surface area contributed by atoms with Gasteiger partial charge in [-0.25, -0.2) is 8.78 Å². The number of alkyl halides is 5. The Hall–Kier alpha value is -0.830. The van der Waals surface area contributed by atoms with E-state index in [1.54, 1.807) is 0 Å². The molecule has 0 heterocycles. The van der Waals surface area contributed by atoms with Gasteiger partial charge in [-0.05, 0) is 28.1 Å². The molecule has 1 aromatic carbocycles. The third-order valence-corrected chi connectivity index (χ3v) is 2.77. The first-order valence-corrected chi connectivity index (χ1v) is 5.13. The predicted octanol–water partition coefficient (Wildman–Crippen LogP) is 3.92. The summed E-state index contributed by atoms with van der Waals surface area (Å²) in [5.74, 6) is -8.62. The Morgan fingerprint density at radius 3 is 2.00 bits per heavy atom. The van der Waals surface area contributed by atoms with Crippen molar-refractivity contribution in [2.24, 2.45) is 5.73 Å². The molecule has 0 saturated heterocycles. The van der Waals surface area contributed by atoms with Gasteiger partial charge in [0.15, 0.2) is 0 Å². The van der Waals surface area contributed by atoms with E-state index in [1.165, 1.54) is 0 Å². The Morgan fingerprint density at radius 2 is 1.56 bits per heavy atom. The van der Waals surface area contributed by atoms with Crippen LogP contribution in [0.25, 0.3) is 0 Å². The Balaban J connectivity index is 3.36. The Morgan fingerprint density at radius 1 is 1.06 bits per heavy atom. The molecule has 0 saturated carbocycles. The third kappa shape index (κ3) is 2.46. The zero-order valence-corrected chi connectivity index (χ0v) is 9.92. The lowest BCUT2D eigenvalue weighted by molar-refractivity contribution is -0.291. The molecule has 0 amide bonds. The van der Waals surface area contributed by atoms with Crippen LogP contribution in [0, 0.1) is 11.6 Å². The normalized spacial score (nSPS) is 14.7. The van der Waals surface area contributed by atoms with Crippen LogP contribution in [0.3, 0.4) is 0 Å². The second-order valence-electron chi connectivity index (χ2n) is 3.36. The zero-order chi connectivity index (χ0) is 14.3. The van der Waals surface area contributed by atoms with Gasteiger partial charge in [0, 0.05) is 5.56 Å². The van der Waals surface area contributed by atoms with Crippen LogP contribution in [-0.2, 0) is 0 Å². The van der Waals surface area contributed by atoms with Crippen molar-refractivity contribution in [1.82, 2.24) is 0 Å². The van der Waals surface area contributed by atoms with E-state index in [4.69, 9.17) is 0 Å². The van der Waals surface area contributed by atoms with Crippen LogP contribution in [-0.4, -0.2) is 12.1 Å². The highest BCUT2D eigenvalue weighted by Gasteiger charge is 2.62. The lowest BCUT2D eigenvalue weighted by Crippen LogP contribution is -2.46. The molecular formula is C9H5BrF7N. The second-order valence-corrected chi connectivity index (χ2v) is 4.21. The van der Waals surface area contributed by atoms with E-state index in [1.807, 2.05) is 0 Å². The van der Waals surface area contributed by atoms with Crippen molar-refractivity contribution in [3.63, 3.8) is 0 Å². The minimum atomic E-state index is -6.01. The topological polar surface area (TPSA) is 26.0 Å². The maximum absolute atomic E-state index is 13.4. The molecule has 0 aromatic heterocycles. The molecule has 9 heteroatoms. The van der Waals surface area contributed by atoms with Gasteiger partial charge >= 0.3 is 12.1 Å². The second kappa shape index (κ2) is 4.69. The summed E-state index contributed by atoms with van der Waals surface area (Å²) in [6, 6.07) is -1.81. The van der Waals surface area contributed by atoms with E-state index in [-0.39, 0.29) is 0 Å². The minimum Gasteiger partial charge on any atom is -0.319 e. The number of benzene rings is 1. The fourth-order valence-corrected chi connectivity index (χ4v) is 1.53. The maximum Gasteiger partial charge on any atom is 0.455 e. The summed E-state index contributed by atoms with van der Waals surface area (Å²) < 4.78 is 88.0. The van der Waals surface area contributed by atoms with E-state index >= 15 is 0 Å². The van der Waals surface area contributed by atoms with Crippen LogP contribution in [0.2, 0.25) is 0 Å². The highest BCUT2D eigenvalue weighted by atomic mass is 79.9. The van der Waals surface area contributed by atoms with E-state index in [0.29, 0.717) is 6.07 Å². The summed E-state index contributed by atoms with van der Waals surface area (Å²) >= 11 is 2.54. The molecule has 1 atom stereocenters. The number of nitrogens with two attached hydrogens (primary N) is 1. The first kappa shape index (κ1) is 15.2. The molecule has 0 fully saturated rings. The van der Waals surface area contributed by atoms with Gasteiger partial charge in [-0.1, -0.05) is 0 Å². The van der Waals surface area contributed by atoms with Crippen molar-refractivity contribution in [1.29, 1.82) is 0 Å². The van der Waals surface area contributed by atoms with Crippen molar-refractivity contribution in [2.45, 2.75) is 18.1 Å². The molecule has 0 spiro atoms. The van der Waals surface area contributed by atoms with Gasteiger partial charge in [-0.3, -0.25) is 0 Å². The lowest BCUT2D eigenvalue weighted by Gasteiger charge is -2.26. The first-order chi connectivity index (χ1) is 8.00. The molecule has 0 unspecified atom stereocenters. The van der Waals surface area contributed by atoms with Gasteiger partial charge in [0.05, 0.1) is 4.47 Å². The molecule has 2 N–H and O–H groups in total. The van der Waals surface area contributed by atoms with Crippen LogP contribution in [0.4, 0.5) is 30.7 Å². The van der Waals surface area contributed by atoms with Crippen molar-refractivity contribution in [2.75, 3.05) is 0 Å². The molecule has 0 aliphatic heterocycles. The van der Waals surface area contributed by atoms with Crippen molar-refractivity contribution in [3.8, 4) is 0 Å². The van der Waals surface area contributed by atoms with Gasteiger partial charge in [0.1, 0.15) is 17.7 Å². The van der Waals surface area contributed by atoms with Gasteiger partial charge in [0.2, 0.25) is 0 Å². The van der Waals surface area contributed by atoms with Crippen LogP contribution in [0.1, 0.15) is 11.6 Å². The molecule has 0 aliphatic rings. The molecule has 102 valence electrons. The molecule has 0 bridgehead atoms. The Labute approximate surface area is 105 Å². The summed E-state index contributed by atoms with van der Waals surface area (Å²) in [7, 11) is 0. The van der Waals surface area contributed by atoms with Gasteiger partial charge < -0.3 is 5.73 Å². The Kier molecular flexibility index (Phi) is 3.97. The monoisotopic (exact) mass is 339 g/mol. The molecule has 1 nitrogen and oxygen atoms in total. The van der Waals surface area contributed by atoms with Gasteiger partial charge in [-0.15, -0.1) is 0 Å². The highest BCUT2D eigenvalue weighted by molar-refractivity contribution is 9.10. The van der Waals surface area contributed by atoms with Crippen molar-refractivity contribution >= 4 is 15.9 Å². The Bertz CT molecular complexity index is 457. The minimum absolute atomic E-state index is 0.465. The number of halogens is 8. The van der Waals surface area contributed by atoms with E-state index in [2.05, 4.69) is 21.7 Å². The summed E-state index contributed by atoms with van der Waals surface area (Å²) in [6.45, 7) is 0. The standard InChI is InChI=1S/C9H5BrF7N/c10-3-1-2-4(11)5(6(3)12)7(18)8(13,14)9(15,16)17/h1-2,7H,18H2/t7-/m1/s1. The number of hydrogen-bond donors (Lipinski definition) is 1. The molecule has 18 heavy (non-hydrogen) atoms. The van der Waals surface area contributed by atoms with Crippen molar-refractivity contribution < 1.29 is 30.7 Å². The van der Waals surface area contributed by atoms with E-state index < -0.39 is 39.8 Å².